The van der Waals surface area contributed by atoms with E-state index in [2.05, 4.69) is 37.7 Å². The van der Waals surface area contributed by atoms with Crippen LogP contribution in [0.2, 0.25) is 0 Å². The summed E-state index contributed by atoms with van der Waals surface area (Å²) in [6.07, 6.45) is 4.87. The fraction of sp³-hybridized carbons (Fsp3) is 0.304. The fourth-order valence-electron chi connectivity index (χ4n) is 3.81. The minimum atomic E-state index is -0.291. The highest BCUT2D eigenvalue weighted by Gasteiger charge is 2.29. The van der Waals surface area contributed by atoms with Gasteiger partial charge in [-0.2, -0.15) is 0 Å². The molecule has 1 aromatic carbocycles. The number of aromatic nitrogens is 4. The summed E-state index contributed by atoms with van der Waals surface area (Å²) in [5.74, 6) is 1.93. The Morgan fingerprint density at radius 2 is 2.13 bits per heavy atom. The lowest BCUT2D eigenvalue weighted by molar-refractivity contribution is 0.0939. The number of benzene rings is 1. The number of nitrogens with one attached hydrogen (secondary N) is 3. The van der Waals surface area contributed by atoms with Crippen LogP contribution in [-0.4, -0.2) is 32.9 Å². The van der Waals surface area contributed by atoms with Crippen molar-refractivity contribution in [2.45, 2.75) is 38.1 Å². The molecule has 0 spiro atoms. The van der Waals surface area contributed by atoms with Crippen molar-refractivity contribution in [1.82, 2.24) is 25.3 Å². The quantitative estimate of drug-likeness (QED) is 0.403. The Bertz CT molecular complexity index is 1240. The van der Waals surface area contributed by atoms with Gasteiger partial charge in [-0.25, -0.2) is 15.0 Å². The molecule has 0 aliphatic heterocycles. The number of nitrogens with zero attached hydrogens (tertiary/aromatic N) is 3. The summed E-state index contributed by atoms with van der Waals surface area (Å²) < 4.78 is 0. The van der Waals surface area contributed by atoms with Crippen LogP contribution >= 0.6 is 11.3 Å². The van der Waals surface area contributed by atoms with Gasteiger partial charge >= 0.3 is 0 Å². The van der Waals surface area contributed by atoms with Gasteiger partial charge in [0, 0.05) is 42.6 Å². The van der Waals surface area contributed by atoms with E-state index in [4.69, 9.17) is 4.98 Å². The lowest BCUT2D eigenvalue weighted by Gasteiger charge is -2.19. The van der Waals surface area contributed by atoms with E-state index >= 15 is 0 Å². The highest BCUT2D eigenvalue weighted by Crippen LogP contribution is 2.39. The molecule has 1 atom stereocenters. The molecule has 5 rings (SSSR count). The molecule has 0 unspecified atom stereocenters. The third-order valence-electron chi connectivity index (χ3n) is 5.67. The third-order valence-corrected chi connectivity index (χ3v) is 6.60. The standard InChI is InChI=1S/C23H24N6OS/c1-13-21(31-12-26-13)23(30)28-18(9-15-11-25-17-6-4-3-5-16(15)17)19-10-20(24-2)29-22(27-19)14-7-8-14/h3-6,10-12,14,18,25H,7-9H2,1-2H3,(H,28,30)(H,24,27,29)/t18-/m1/s1. The van der Waals surface area contributed by atoms with E-state index in [0.29, 0.717) is 17.2 Å². The number of rotatable bonds is 7. The van der Waals surface area contributed by atoms with Crippen LogP contribution in [0.4, 0.5) is 5.82 Å². The first-order valence-electron chi connectivity index (χ1n) is 10.4. The topological polar surface area (TPSA) is 95.6 Å². The molecule has 1 saturated carbocycles. The summed E-state index contributed by atoms with van der Waals surface area (Å²) in [5.41, 5.74) is 5.49. The molecule has 3 aromatic heterocycles. The van der Waals surface area contributed by atoms with E-state index < -0.39 is 0 Å². The molecule has 4 aromatic rings. The Morgan fingerprint density at radius 3 is 2.87 bits per heavy atom. The first kappa shape index (κ1) is 19.7. The summed E-state index contributed by atoms with van der Waals surface area (Å²) >= 11 is 1.36. The van der Waals surface area contributed by atoms with E-state index in [9.17, 15) is 4.79 Å². The van der Waals surface area contributed by atoms with Crippen LogP contribution < -0.4 is 10.6 Å². The van der Waals surface area contributed by atoms with Crippen molar-refractivity contribution < 1.29 is 4.79 Å². The van der Waals surface area contributed by atoms with Crippen LogP contribution in [0.25, 0.3) is 10.9 Å². The third kappa shape index (κ3) is 4.03. The van der Waals surface area contributed by atoms with Gasteiger partial charge in [0.15, 0.2) is 0 Å². The number of anilines is 1. The van der Waals surface area contributed by atoms with Crippen molar-refractivity contribution >= 4 is 34.0 Å². The number of para-hydroxylation sites is 1. The first-order chi connectivity index (χ1) is 15.1. The largest absolute Gasteiger partial charge is 0.373 e. The van der Waals surface area contributed by atoms with Crippen LogP contribution in [0.3, 0.4) is 0 Å². The molecule has 1 fully saturated rings. The number of thiazole rings is 1. The number of carbonyl (C=O) groups excluding carboxylic acids is 1. The van der Waals surface area contributed by atoms with E-state index in [-0.39, 0.29) is 11.9 Å². The van der Waals surface area contributed by atoms with E-state index in [1.165, 1.54) is 11.3 Å². The molecule has 3 heterocycles. The minimum absolute atomic E-state index is 0.123. The maximum atomic E-state index is 13.1. The van der Waals surface area contributed by atoms with Gasteiger partial charge in [0.25, 0.3) is 5.91 Å². The smallest absolute Gasteiger partial charge is 0.263 e. The predicted molar refractivity (Wildman–Crippen MR) is 123 cm³/mol. The van der Waals surface area contributed by atoms with E-state index in [0.717, 1.165) is 52.3 Å². The molecule has 0 bridgehead atoms. The van der Waals surface area contributed by atoms with E-state index in [1.54, 1.807) is 5.51 Å². The van der Waals surface area contributed by atoms with Crippen molar-refractivity contribution in [3.8, 4) is 0 Å². The van der Waals surface area contributed by atoms with Gasteiger partial charge in [0.1, 0.15) is 16.5 Å². The number of carbonyl (C=O) groups is 1. The van der Waals surface area contributed by atoms with Gasteiger partial charge < -0.3 is 15.6 Å². The molecule has 3 N–H and O–H groups in total. The second kappa shape index (κ2) is 8.11. The number of hydrogen-bond acceptors (Lipinski definition) is 6. The zero-order chi connectivity index (χ0) is 21.4. The maximum Gasteiger partial charge on any atom is 0.263 e. The summed E-state index contributed by atoms with van der Waals surface area (Å²) in [6.45, 7) is 1.86. The van der Waals surface area contributed by atoms with Crippen molar-refractivity contribution in [1.29, 1.82) is 0 Å². The Kier molecular flexibility index (Phi) is 5.15. The molecule has 0 saturated heterocycles. The lowest BCUT2D eigenvalue weighted by Crippen LogP contribution is -2.31. The number of aryl methyl sites for hydroxylation is 1. The number of hydrogen-bond donors (Lipinski definition) is 3. The summed E-state index contributed by atoms with van der Waals surface area (Å²) in [7, 11) is 1.86. The van der Waals surface area contributed by atoms with Gasteiger partial charge in [0.05, 0.1) is 22.9 Å². The molecule has 1 aliphatic rings. The number of H-pyrrole nitrogens is 1. The maximum absolute atomic E-state index is 13.1. The van der Waals surface area contributed by atoms with E-state index in [1.807, 2.05) is 38.4 Å². The Labute approximate surface area is 184 Å². The monoisotopic (exact) mass is 432 g/mol. The highest BCUT2D eigenvalue weighted by atomic mass is 32.1. The van der Waals surface area contributed by atoms with Crippen LogP contribution in [0.5, 0.6) is 0 Å². The van der Waals surface area contributed by atoms with Crippen LogP contribution in [0.15, 0.2) is 42.0 Å². The molecular formula is C23H24N6OS. The first-order valence-corrected chi connectivity index (χ1v) is 11.3. The molecule has 0 radical (unpaired) electrons. The van der Waals surface area contributed by atoms with Crippen LogP contribution in [0, 0.1) is 6.92 Å². The summed E-state index contributed by atoms with van der Waals surface area (Å²) in [4.78, 5) is 30.8. The van der Waals surface area contributed by atoms with Crippen LogP contribution in [0.1, 0.15) is 57.2 Å². The molecular weight excluding hydrogens is 408 g/mol. The van der Waals surface area contributed by atoms with Gasteiger partial charge in [-0.05, 0) is 31.4 Å². The van der Waals surface area contributed by atoms with Gasteiger partial charge in [-0.1, -0.05) is 18.2 Å². The zero-order valence-corrected chi connectivity index (χ0v) is 18.3. The summed E-state index contributed by atoms with van der Waals surface area (Å²) in [5, 5.41) is 7.52. The SMILES string of the molecule is CNc1cc([C@@H](Cc2c[nH]c3ccccc23)NC(=O)c2scnc2C)nc(C2CC2)n1. The number of aromatic amines is 1. The number of fused-ring (bicyclic) bond motifs is 1. The van der Waals surface area contributed by atoms with Crippen molar-refractivity contribution in [3.63, 3.8) is 0 Å². The fourth-order valence-corrected chi connectivity index (χ4v) is 4.52. The Morgan fingerprint density at radius 1 is 1.29 bits per heavy atom. The van der Waals surface area contributed by atoms with Gasteiger partial charge in [-0.3, -0.25) is 4.79 Å². The molecule has 7 nitrogen and oxygen atoms in total. The normalized spacial score (nSPS) is 14.5. The molecule has 158 valence electrons. The second-order valence-corrected chi connectivity index (χ2v) is 8.77. The Balaban J connectivity index is 1.53. The summed E-state index contributed by atoms with van der Waals surface area (Å²) in [6, 6.07) is 9.85. The highest BCUT2D eigenvalue weighted by molar-refractivity contribution is 7.11. The average Bonchev–Trinajstić information content (AvgIpc) is 3.44. The molecule has 1 aliphatic carbocycles. The Hall–Kier alpha value is -3.26. The van der Waals surface area contributed by atoms with Gasteiger partial charge in [-0.15, -0.1) is 11.3 Å². The predicted octanol–water partition coefficient (Wildman–Crippen LogP) is 4.36. The van der Waals surface area contributed by atoms with Crippen LogP contribution in [-0.2, 0) is 6.42 Å². The number of amides is 1. The molecule has 31 heavy (non-hydrogen) atoms. The van der Waals surface area contributed by atoms with Crippen molar-refractivity contribution in [2.75, 3.05) is 12.4 Å². The van der Waals surface area contributed by atoms with Crippen molar-refractivity contribution in [2.24, 2.45) is 0 Å². The molecule has 8 heteroatoms. The zero-order valence-electron chi connectivity index (χ0n) is 17.5. The second-order valence-electron chi connectivity index (χ2n) is 7.92. The van der Waals surface area contributed by atoms with Crippen molar-refractivity contribution in [3.05, 3.63) is 69.7 Å². The van der Waals surface area contributed by atoms with Gasteiger partial charge in [0.2, 0.25) is 0 Å². The minimum Gasteiger partial charge on any atom is -0.373 e. The molecule has 1 amide bonds. The lowest BCUT2D eigenvalue weighted by atomic mass is 10.0. The average molecular weight is 433 g/mol.